The van der Waals surface area contributed by atoms with E-state index in [-0.39, 0.29) is 11.3 Å². The molecule has 2 amide bonds. The van der Waals surface area contributed by atoms with E-state index in [1.54, 1.807) is 13.0 Å². The number of halogens is 1. The number of nitrogens with one attached hydrogen (secondary N) is 1. The van der Waals surface area contributed by atoms with Gasteiger partial charge in [0.15, 0.2) is 12.4 Å². The summed E-state index contributed by atoms with van der Waals surface area (Å²) < 4.78 is 23.2. The molecule has 8 heteroatoms. The second kappa shape index (κ2) is 9.51. The average molecular weight is 410 g/mol. The Morgan fingerprint density at radius 1 is 1.03 bits per heavy atom. The zero-order valence-electron chi connectivity index (χ0n) is 16.1. The predicted molar refractivity (Wildman–Crippen MR) is 108 cm³/mol. The van der Waals surface area contributed by atoms with Gasteiger partial charge in [0.2, 0.25) is 0 Å². The van der Waals surface area contributed by atoms with Gasteiger partial charge in [0.1, 0.15) is 5.82 Å². The van der Waals surface area contributed by atoms with E-state index in [1.807, 2.05) is 0 Å². The molecule has 0 fully saturated rings. The SMILES string of the molecule is CCN(C(=O)COC(=O)c1ccc(NC(=O)c2ccco2)cc1)c1ccc(F)cc1. The van der Waals surface area contributed by atoms with Crippen LogP contribution >= 0.6 is 0 Å². The molecule has 0 unspecified atom stereocenters. The smallest absolute Gasteiger partial charge is 0.338 e. The number of ether oxygens (including phenoxy) is 1. The molecule has 154 valence electrons. The minimum atomic E-state index is -0.678. The van der Waals surface area contributed by atoms with Crippen molar-refractivity contribution >= 4 is 29.2 Å². The molecule has 0 aliphatic rings. The van der Waals surface area contributed by atoms with E-state index in [4.69, 9.17) is 9.15 Å². The second-order valence-electron chi connectivity index (χ2n) is 6.20. The number of likely N-dealkylation sites (N-methyl/N-ethyl adjacent to an activating group) is 1. The maximum Gasteiger partial charge on any atom is 0.338 e. The number of esters is 1. The lowest BCUT2D eigenvalue weighted by atomic mass is 10.2. The number of benzene rings is 2. The summed E-state index contributed by atoms with van der Waals surface area (Å²) >= 11 is 0. The lowest BCUT2D eigenvalue weighted by Gasteiger charge is -2.20. The third-order valence-corrected chi connectivity index (χ3v) is 4.21. The first-order valence-corrected chi connectivity index (χ1v) is 9.16. The highest BCUT2D eigenvalue weighted by Gasteiger charge is 2.17. The molecule has 2 aromatic carbocycles. The molecule has 0 aliphatic heterocycles. The normalized spacial score (nSPS) is 10.3. The summed E-state index contributed by atoms with van der Waals surface area (Å²) in [6, 6.07) is 14.6. The Labute approximate surface area is 172 Å². The van der Waals surface area contributed by atoms with E-state index in [0.29, 0.717) is 17.9 Å². The van der Waals surface area contributed by atoms with Gasteiger partial charge in [0, 0.05) is 17.9 Å². The second-order valence-corrected chi connectivity index (χ2v) is 6.20. The van der Waals surface area contributed by atoms with Crippen LogP contribution in [0.2, 0.25) is 0 Å². The summed E-state index contributed by atoms with van der Waals surface area (Å²) in [6.45, 7) is 1.64. The Hall–Kier alpha value is -3.94. The van der Waals surface area contributed by atoms with Gasteiger partial charge >= 0.3 is 5.97 Å². The summed E-state index contributed by atoms with van der Waals surface area (Å²) in [7, 11) is 0. The molecule has 0 saturated heterocycles. The minimum Gasteiger partial charge on any atom is -0.459 e. The highest BCUT2D eigenvalue weighted by molar-refractivity contribution is 6.02. The molecule has 1 N–H and O–H groups in total. The number of hydrogen-bond donors (Lipinski definition) is 1. The number of carbonyl (C=O) groups is 3. The van der Waals surface area contributed by atoms with Crippen molar-refractivity contribution in [3.8, 4) is 0 Å². The topological polar surface area (TPSA) is 88.9 Å². The zero-order chi connectivity index (χ0) is 21.5. The highest BCUT2D eigenvalue weighted by atomic mass is 19.1. The molecular formula is C22H19FN2O5. The third-order valence-electron chi connectivity index (χ3n) is 4.21. The summed E-state index contributed by atoms with van der Waals surface area (Å²) in [5.41, 5.74) is 1.21. The fourth-order valence-electron chi connectivity index (χ4n) is 2.70. The number of nitrogens with zero attached hydrogens (tertiary/aromatic N) is 1. The zero-order valence-corrected chi connectivity index (χ0v) is 16.1. The van der Waals surface area contributed by atoms with Crippen molar-refractivity contribution in [2.45, 2.75) is 6.92 Å². The molecule has 3 aromatic rings. The number of anilines is 2. The predicted octanol–water partition coefficient (Wildman–Crippen LogP) is 3.88. The quantitative estimate of drug-likeness (QED) is 0.597. The lowest BCUT2D eigenvalue weighted by Crippen LogP contribution is -2.34. The molecule has 0 aliphatic carbocycles. The van der Waals surface area contributed by atoms with Gasteiger partial charge in [0.25, 0.3) is 11.8 Å². The van der Waals surface area contributed by atoms with Gasteiger partial charge in [-0.3, -0.25) is 9.59 Å². The van der Waals surface area contributed by atoms with E-state index in [9.17, 15) is 18.8 Å². The number of furan rings is 1. The van der Waals surface area contributed by atoms with Gasteiger partial charge in [-0.25, -0.2) is 9.18 Å². The van der Waals surface area contributed by atoms with Gasteiger partial charge in [-0.1, -0.05) is 0 Å². The van der Waals surface area contributed by atoms with Gasteiger partial charge < -0.3 is 19.4 Å². The summed E-state index contributed by atoms with van der Waals surface area (Å²) in [5, 5.41) is 2.63. The summed E-state index contributed by atoms with van der Waals surface area (Å²) in [4.78, 5) is 37.9. The van der Waals surface area contributed by atoms with Crippen molar-refractivity contribution < 1.29 is 27.9 Å². The van der Waals surface area contributed by atoms with Crippen LogP contribution in [0.3, 0.4) is 0 Å². The molecule has 0 saturated carbocycles. The Morgan fingerprint density at radius 2 is 1.73 bits per heavy atom. The highest BCUT2D eigenvalue weighted by Crippen LogP contribution is 2.16. The Balaban J connectivity index is 1.55. The largest absolute Gasteiger partial charge is 0.459 e. The number of amides is 2. The number of rotatable bonds is 7. The standard InChI is InChI=1S/C22H19FN2O5/c1-2-25(18-11-7-16(23)8-12-18)20(26)14-30-22(28)15-5-9-17(10-6-15)24-21(27)19-4-3-13-29-19/h3-13H,2,14H2,1H3,(H,24,27). The van der Waals surface area contributed by atoms with Gasteiger partial charge in [-0.2, -0.15) is 0 Å². The van der Waals surface area contributed by atoms with Crippen LogP contribution in [0.1, 0.15) is 27.8 Å². The summed E-state index contributed by atoms with van der Waals surface area (Å²) in [6.07, 6.45) is 1.39. The van der Waals surface area contributed by atoms with Crippen LogP contribution in [-0.2, 0) is 9.53 Å². The van der Waals surface area contributed by atoms with E-state index in [0.717, 1.165) is 0 Å². The first-order valence-electron chi connectivity index (χ1n) is 9.16. The Kier molecular flexibility index (Phi) is 6.59. The van der Waals surface area contributed by atoms with Crippen molar-refractivity contribution in [3.05, 3.63) is 84.1 Å². The van der Waals surface area contributed by atoms with Crippen LogP contribution in [0.15, 0.2) is 71.3 Å². The molecule has 3 rings (SSSR count). The molecule has 0 radical (unpaired) electrons. The average Bonchev–Trinajstić information content (AvgIpc) is 3.29. The van der Waals surface area contributed by atoms with Gasteiger partial charge in [0.05, 0.1) is 11.8 Å². The molecule has 30 heavy (non-hydrogen) atoms. The van der Waals surface area contributed by atoms with Crippen LogP contribution in [0.25, 0.3) is 0 Å². The van der Waals surface area contributed by atoms with Crippen LogP contribution in [0.5, 0.6) is 0 Å². The molecule has 0 bridgehead atoms. The third kappa shape index (κ3) is 5.11. The molecule has 7 nitrogen and oxygen atoms in total. The number of carbonyl (C=O) groups excluding carboxylic acids is 3. The molecule has 1 aromatic heterocycles. The fraction of sp³-hybridized carbons (Fsp3) is 0.136. The maximum absolute atomic E-state index is 13.1. The number of hydrogen-bond acceptors (Lipinski definition) is 5. The Bertz CT molecular complexity index is 1010. The maximum atomic E-state index is 13.1. The summed E-state index contributed by atoms with van der Waals surface area (Å²) in [5.74, 6) is -1.76. The van der Waals surface area contributed by atoms with E-state index >= 15 is 0 Å². The van der Waals surface area contributed by atoms with Crippen molar-refractivity contribution in [2.75, 3.05) is 23.4 Å². The van der Waals surface area contributed by atoms with Crippen LogP contribution < -0.4 is 10.2 Å². The van der Waals surface area contributed by atoms with E-state index in [2.05, 4.69) is 5.32 Å². The molecule has 0 spiro atoms. The van der Waals surface area contributed by atoms with E-state index < -0.39 is 30.2 Å². The van der Waals surface area contributed by atoms with Crippen molar-refractivity contribution in [1.29, 1.82) is 0 Å². The monoisotopic (exact) mass is 410 g/mol. The van der Waals surface area contributed by atoms with E-state index in [1.165, 1.54) is 65.8 Å². The lowest BCUT2D eigenvalue weighted by molar-refractivity contribution is -0.121. The van der Waals surface area contributed by atoms with Crippen molar-refractivity contribution in [3.63, 3.8) is 0 Å². The van der Waals surface area contributed by atoms with Crippen molar-refractivity contribution in [1.82, 2.24) is 0 Å². The fourth-order valence-corrected chi connectivity index (χ4v) is 2.70. The first kappa shape index (κ1) is 20.8. The molecular weight excluding hydrogens is 391 g/mol. The van der Waals surface area contributed by atoms with Crippen LogP contribution in [0.4, 0.5) is 15.8 Å². The van der Waals surface area contributed by atoms with Gasteiger partial charge in [-0.05, 0) is 67.6 Å². The Morgan fingerprint density at radius 3 is 2.33 bits per heavy atom. The minimum absolute atomic E-state index is 0.165. The van der Waals surface area contributed by atoms with Gasteiger partial charge in [-0.15, -0.1) is 0 Å². The van der Waals surface area contributed by atoms with Crippen LogP contribution in [0, 0.1) is 5.82 Å². The van der Waals surface area contributed by atoms with Crippen LogP contribution in [-0.4, -0.2) is 30.9 Å². The first-order chi connectivity index (χ1) is 14.5. The van der Waals surface area contributed by atoms with Crippen molar-refractivity contribution in [2.24, 2.45) is 0 Å². The molecule has 1 heterocycles. The molecule has 0 atom stereocenters.